The molecule has 1 fully saturated rings. The van der Waals surface area contributed by atoms with Gasteiger partial charge in [-0.3, -0.25) is 9.79 Å². The van der Waals surface area contributed by atoms with Gasteiger partial charge in [0.1, 0.15) is 27.5 Å². The molecular weight excluding hydrogens is 462 g/mol. The molecular formula is C20H23F4N7OS. The van der Waals surface area contributed by atoms with Crippen LogP contribution in [0.15, 0.2) is 35.1 Å². The number of benzene rings is 1. The number of nitrogens with zero attached hydrogens (tertiary/aromatic N) is 3. The summed E-state index contributed by atoms with van der Waals surface area (Å²) in [6, 6.07) is 2.62. The lowest BCUT2D eigenvalue weighted by Crippen LogP contribution is -2.44. The van der Waals surface area contributed by atoms with Crippen molar-refractivity contribution >= 4 is 28.1 Å². The molecule has 13 heteroatoms. The lowest BCUT2D eigenvalue weighted by Gasteiger charge is -2.28. The van der Waals surface area contributed by atoms with Crippen molar-refractivity contribution in [3.8, 4) is 10.6 Å². The topological polar surface area (TPSA) is 136 Å². The summed E-state index contributed by atoms with van der Waals surface area (Å²) in [4.78, 5) is 22.1. The molecule has 7 N–H and O–H groups in total. The zero-order valence-corrected chi connectivity index (χ0v) is 18.4. The number of carbonyl (C=O) groups excluding carboxylic acids is 1. The number of nitrogen functional groups attached to an aromatic ring is 1. The molecule has 3 rings (SSSR count). The second-order valence-electron chi connectivity index (χ2n) is 7.44. The van der Waals surface area contributed by atoms with Crippen molar-refractivity contribution in [2.75, 3.05) is 25.9 Å². The Morgan fingerprint density at radius 3 is 2.64 bits per heavy atom. The van der Waals surface area contributed by atoms with Crippen LogP contribution in [0.2, 0.25) is 0 Å². The van der Waals surface area contributed by atoms with Gasteiger partial charge in [-0.25, -0.2) is 22.5 Å². The van der Waals surface area contributed by atoms with Gasteiger partial charge in [-0.1, -0.05) is 17.4 Å². The van der Waals surface area contributed by atoms with Crippen molar-refractivity contribution < 1.29 is 22.4 Å². The minimum atomic E-state index is -3.06. The van der Waals surface area contributed by atoms with Gasteiger partial charge < -0.3 is 27.4 Å². The Morgan fingerprint density at radius 2 is 2.03 bits per heavy atom. The molecule has 1 aromatic carbocycles. The summed E-state index contributed by atoms with van der Waals surface area (Å²) in [6.45, 7) is -0.484. The summed E-state index contributed by atoms with van der Waals surface area (Å²) < 4.78 is 56.7. The van der Waals surface area contributed by atoms with E-state index >= 15 is 0 Å². The Labute approximate surface area is 191 Å². The van der Waals surface area contributed by atoms with Crippen LogP contribution in [-0.4, -0.2) is 53.7 Å². The van der Waals surface area contributed by atoms with E-state index in [1.54, 1.807) is 0 Å². The molecule has 0 spiro atoms. The van der Waals surface area contributed by atoms with Crippen LogP contribution in [0.4, 0.5) is 22.6 Å². The average molecular weight is 486 g/mol. The molecule has 1 saturated heterocycles. The maximum absolute atomic E-state index is 14.2. The zero-order chi connectivity index (χ0) is 24.3. The summed E-state index contributed by atoms with van der Waals surface area (Å²) in [6.07, 6.45) is 0.819. The van der Waals surface area contributed by atoms with E-state index in [2.05, 4.69) is 15.3 Å². The highest BCUT2D eigenvalue weighted by molar-refractivity contribution is 7.19. The predicted molar refractivity (Wildman–Crippen MR) is 119 cm³/mol. The number of aromatic nitrogens is 1. The third-order valence-electron chi connectivity index (χ3n) is 4.97. The number of anilines is 1. The predicted octanol–water partition coefficient (Wildman–Crippen LogP) is 2.29. The van der Waals surface area contributed by atoms with Crippen LogP contribution < -0.4 is 22.5 Å². The van der Waals surface area contributed by atoms with Gasteiger partial charge in [-0.2, -0.15) is 0 Å². The third-order valence-corrected chi connectivity index (χ3v) is 5.87. The number of nitrogens with one attached hydrogen (secondary N) is 1. The van der Waals surface area contributed by atoms with Crippen LogP contribution >= 0.6 is 11.3 Å². The van der Waals surface area contributed by atoms with Crippen molar-refractivity contribution in [2.45, 2.75) is 24.8 Å². The Morgan fingerprint density at radius 1 is 1.36 bits per heavy atom. The Bertz CT molecular complexity index is 1080. The smallest absolute Gasteiger partial charge is 0.277 e. The molecule has 2 aromatic rings. The Hall–Kier alpha value is -3.19. The number of likely N-dealkylation sites (tertiary alicyclic amines) is 1. The van der Waals surface area contributed by atoms with Crippen molar-refractivity contribution in [1.29, 1.82) is 0 Å². The molecule has 1 aliphatic heterocycles. The average Bonchev–Trinajstić information content (AvgIpc) is 3.05. The van der Waals surface area contributed by atoms with E-state index in [-0.39, 0.29) is 40.2 Å². The SMILES string of the molecule is CN=C(/C(=C\N)NC(=O)c1nc(-c2c(F)cccc2F)sc1N)N1CC[C@@H](N)CC(F)(F)C1. The fourth-order valence-corrected chi connectivity index (χ4v) is 4.38. The molecule has 1 atom stereocenters. The summed E-state index contributed by atoms with van der Waals surface area (Å²) in [5.74, 6) is -5.61. The van der Waals surface area contributed by atoms with Crippen LogP contribution in [0.1, 0.15) is 23.3 Å². The Balaban J connectivity index is 1.85. The maximum Gasteiger partial charge on any atom is 0.277 e. The van der Waals surface area contributed by atoms with E-state index in [0.717, 1.165) is 29.7 Å². The van der Waals surface area contributed by atoms with Gasteiger partial charge in [0.25, 0.3) is 11.8 Å². The Kier molecular flexibility index (Phi) is 7.22. The molecule has 0 aliphatic carbocycles. The van der Waals surface area contributed by atoms with Crippen LogP contribution in [0.25, 0.3) is 10.6 Å². The molecule has 1 aliphatic rings. The summed E-state index contributed by atoms with van der Waals surface area (Å²) in [5, 5.41) is 2.23. The number of aliphatic imine (C=N–C) groups is 1. The van der Waals surface area contributed by atoms with Gasteiger partial charge in [0.05, 0.1) is 17.8 Å². The number of amides is 1. The van der Waals surface area contributed by atoms with E-state index in [1.165, 1.54) is 18.0 Å². The quantitative estimate of drug-likeness (QED) is 0.298. The minimum absolute atomic E-state index is 0.0220. The summed E-state index contributed by atoms with van der Waals surface area (Å²) in [5.41, 5.74) is 16.5. The monoisotopic (exact) mass is 485 g/mol. The van der Waals surface area contributed by atoms with Gasteiger partial charge in [0.2, 0.25) is 0 Å². The second kappa shape index (κ2) is 9.75. The van der Waals surface area contributed by atoms with Crippen molar-refractivity contribution in [3.05, 3.63) is 47.4 Å². The molecule has 2 heterocycles. The van der Waals surface area contributed by atoms with Crippen molar-refractivity contribution in [1.82, 2.24) is 15.2 Å². The number of hydrogen-bond acceptors (Lipinski definition) is 7. The standard InChI is InChI=1S/C20H23F4N7OS/c1-28-17(31-6-5-10(26)7-20(23,24)9-31)13(8-25)29-18(32)15-16(27)33-19(30-15)14-11(21)3-2-4-12(14)22/h2-4,8,10H,5-7,9,25-27H2,1H3,(H,29,32)/b13-8+,28-17?/t10-/m1/s1. The lowest BCUT2D eigenvalue weighted by atomic mass is 10.1. The van der Waals surface area contributed by atoms with E-state index in [4.69, 9.17) is 17.2 Å². The van der Waals surface area contributed by atoms with Crippen molar-refractivity contribution in [3.63, 3.8) is 0 Å². The largest absolute Gasteiger partial charge is 0.403 e. The number of halogens is 4. The summed E-state index contributed by atoms with van der Waals surface area (Å²) >= 11 is 0.725. The number of alkyl halides is 2. The highest BCUT2D eigenvalue weighted by Crippen LogP contribution is 2.33. The highest BCUT2D eigenvalue weighted by atomic mass is 32.1. The van der Waals surface area contributed by atoms with Crippen LogP contribution in [0.5, 0.6) is 0 Å². The first kappa shape index (κ1) is 24.5. The van der Waals surface area contributed by atoms with Crippen LogP contribution in [0, 0.1) is 11.6 Å². The minimum Gasteiger partial charge on any atom is -0.403 e. The van der Waals surface area contributed by atoms with Crippen LogP contribution in [0.3, 0.4) is 0 Å². The molecule has 0 bridgehead atoms. The van der Waals surface area contributed by atoms with Gasteiger partial charge in [-0.15, -0.1) is 0 Å². The first-order chi connectivity index (χ1) is 15.6. The maximum atomic E-state index is 14.2. The number of nitrogens with two attached hydrogens (primary N) is 3. The van der Waals surface area contributed by atoms with Gasteiger partial charge in [-0.05, 0) is 18.6 Å². The van der Waals surface area contributed by atoms with E-state index in [0.29, 0.717) is 0 Å². The molecule has 0 unspecified atom stereocenters. The molecule has 178 valence electrons. The number of amidine groups is 1. The molecule has 0 radical (unpaired) electrons. The highest BCUT2D eigenvalue weighted by Gasteiger charge is 2.38. The second-order valence-corrected chi connectivity index (χ2v) is 8.47. The molecule has 0 saturated carbocycles. The number of hydrogen-bond donors (Lipinski definition) is 4. The van der Waals surface area contributed by atoms with Gasteiger partial charge >= 0.3 is 0 Å². The fourth-order valence-electron chi connectivity index (χ4n) is 3.50. The molecule has 8 nitrogen and oxygen atoms in total. The third kappa shape index (κ3) is 5.42. The van der Waals surface area contributed by atoms with Gasteiger partial charge in [0, 0.05) is 32.3 Å². The van der Waals surface area contributed by atoms with E-state index in [1.807, 2.05) is 0 Å². The first-order valence-corrected chi connectivity index (χ1v) is 10.7. The molecule has 33 heavy (non-hydrogen) atoms. The first-order valence-electron chi connectivity index (χ1n) is 9.85. The van der Waals surface area contributed by atoms with Crippen LogP contribution in [-0.2, 0) is 0 Å². The number of carbonyl (C=O) groups is 1. The normalized spacial score (nSPS) is 19.3. The number of rotatable bonds is 4. The number of thiazole rings is 1. The van der Waals surface area contributed by atoms with E-state index in [9.17, 15) is 22.4 Å². The fraction of sp³-hybridized carbons (Fsp3) is 0.350. The zero-order valence-electron chi connectivity index (χ0n) is 17.6. The van der Waals surface area contributed by atoms with Gasteiger partial charge in [0.15, 0.2) is 5.69 Å². The molecule has 1 aromatic heterocycles. The van der Waals surface area contributed by atoms with E-state index < -0.39 is 48.0 Å². The molecule has 1 amide bonds. The summed E-state index contributed by atoms with van der Waals surface area (Å²) in [7, 11) is 1.37. The lowest BCUT2D eigenvalue weighted by molar-refractivity contribution is -0.0203. The van der Waals surface area contributed by atoms with Crippen molar-refractivity contribution in [2.24, 2.45) is 16.5 Å².